The molecule has 18 heavy (non-hydrogen) atoms. The van der Waals surface area contributed by atoms with E-state index in [4.69, 9.17) is 9.72 Å². The molecule has 2 heterocycles. The fourth-order valence-corrected chi connectivity index (χ4v) is 2.34. The SMILES string of the molecule is CCCNc1cc(C2CC2)nc(C2CCOC2)n1. The molecule has 0 spiro atoms. The normalized spacial score (nSPS) is 23.3. The van der Waals surface area contributed by atoms with Gasteiger partial charge in [-0.2, -0.15) is 0 Å². The maximum atomic E-state index is 5.45. The van der Waals surface area contributed by atoms with Crippen LogP contribution in [-0.2, 0) is 4.74 Å². The van der Waals surface area contributed by atoms with Crippen LogP contribution in [-0.4, -0.2) is 29.7 Å². The Hall–Kier alpha value is -1.16. The summed E-state index contributed by atoms with van der Waals surface area (Å²) in [6.07, 6.45) is 4.74. The molecule has 4 heteroatoms. The van der Waals surface area contributed by atoms with E-state index in [1.165, 1.54) is 18.5 Å². The van der Waals surface area contributed by atoms with Gasteiger partial charge in [0.2, 0.25) is 0 Å². The fraction of sp³-hybridized carbons (Fsp3) is 0.714. The third kappa shape index (κ3) is 2.64. The Labute approximate surface area is 108 Å². The molecule has 98 valence electrons. The first-order valence-electron chi connectivity index (χ1n) is 7.07. The quantitative estimate of drug-likeness (QED) is 0.869. The molecule has 3 rings (SSSR count). The lowest BCUT2D eigenvalue weighted by atomic mass is 10.1. The predicted molar refractivity (Wildman–Crippen MR) is 71.0 cm³/mol. The average Bonchev–Trinajstić information content (AvgIpc) is 3.11. The second-order valence-electron chi connectivity index (χ2n) is 5.30. The standard InChI is InChI=1S/C14H21N3O/c1-2-6-15-13-8-12(10-3-4-10)16-14(17-13)11-5-7-18-9-11/h8,10-11H,2-7,9H2,1H3,(H,15,16,17). The van der Waals surface area contributed by atoms with Crippen molar-refractivity contribution in [3.8, 4) is 0 Å². The van der Waals surface area contributed by atoms with Gasteiger partial charge in [-0.05, 0) is 25.7 Å². The maximum Gasteiger partial charge on any atom is 0.136 e. The molecule has 2 fully saturated rings. The first-order chi connectivity index (χ1) is 8.86. The molecule has 1 aliphatic carbocycles. The van der Waals surface area contributed by atoms with Gasteiger partial charge in [0.25, 0.3) is 0 Å². The van der Waals surface area contributed by atoms with Crippen LogP contribution < -0.4 is 5.32 Å². The Morgan fingerprint density at radius 3 is 2.83 bits per heavy atom. The van der Waals surface area contributed by atoms with Gasteiger partial charge >= 0.3 is 0 Å². The number of aromatic nitrogens is 2. The van der Waals surface area contributed by atoms with Gasteiger partial charge in [0.15, 0.2) is 0 Å². The number of anilines is 1. The lowest BCUT2D eigenvalue weighted by Crippen LogP contribution is -2.10. The third-order valence-electron chi connectivity index (χ3n) is 3.61. The molecule has 1 atom stereocenters. The van der Waals surface area contributed by atoms with Crippen LogP contribution in [0.15, 0.2) is 6.07 Å². The molecule has 4 nitrogen and oxygen atoms in total. The largest absolute Gasteiger partial charge is 0.381 e. The predicted octanol–water partition coefficient (Wildman–Crippen LogP) is 2.68. The molecule has 0 amide bonds. The number of ether oxygens (including phenoxy) is 1. The van der Waals surface area contributed by atoms with Crippen molar-refractivity contribution in [1.82, 2.24) is 9.97 Å². The van der Waals surface area contributed by atoms with Gasteiger partial charge in [-0.15, -0.1) is 0 Å². The highest BCUT2D eigenvalue weighted by molar-refractivity contribution is 5.38. The molecular weight excluding hydrogens is 226 g/mol. The Balaban J connectivity index is 1.83. The van der Waals surface area contributed by atoms with Crippen molar-refractivity contribution in [3.05, 3.63) is 17.6 Å². The maximum absolute atomic E-state index is 5.45. The van der Waals surface area contributed by atoms with Crippen molar-refractivity contribution in [2.45, 2.75) is 44.4 Å². The van der Waals surface area contributed by atoms with Gasteiger partial charge in [-0.25, -0.2) is 9.97 Å². The lowest BCUT2D eigenvalue weighted by Gasteiger charge is -2.12. The minimum absolute atomic E-state index is 0.394. The summed E-state index contributed by atoms with van der Waals surface area (Å²) < 4.78 is 5.45. The van der Waals surface area contributed by atoms with Crippen molar-refractivity contribution in [3.63, 3.8) is 0 Å². The van der Waals surface area contributed by atoms with E-state index in [0.717, 1.165) is 44.2 Å². The Kier molecular flexibility index (Phi) is 3.46. The molecule has 1 unspecified atom stereocenters. The second-order valence-corrected chi connectivity index (χ2v) is 5.30. The topological polar surface area (TPSA) is 47.0 Å². The molecule has 1 N–H and O–H groups in total. The summed E-state index contributed by atoms with van der Waals surface area (Å²) in [6.45, 7) is 4.77. The number of nitrogens with zero attached hydrogens (tertiary/aromatic N) is 2. The van der Waals surface area contributed by atoms with Crippen molar-refractivity contribution >= 4 is 5.82 Å². The number of nitrogens with one attached hydrogen (secondary N) is 1. The van der Waals surface area contributed by atoms with E-state index in [1.54, 1.807) is 0 Å². The summed E-state index contributed by atoms with van der Waals surface area (Å²) in [7, 11) is 0. The van der Waals surface area contributed by atoms with Crippen LogP contribution >= 0.6 is 0 Å². The van der Waals surface area contributed by atoms with Crippen molar-refractivity contribution < 1.29 is 4.74 Å². The highest BCUT2D eigenvalue weighted by atomic mass is 16.5. The Morgan fingerprint density at radius 1 is 1.28 bits per heavy atom. The van der Waals surface area contributed by atoms with Gasteiger partial charge in [0.1, 0.15) is 11.6 Å². The minimum Gasteiger partial charge on any atom is -0.381 e. The molecule has 2 aliphatic rings. The van der Waals surface area contributed by atoms with Gasteiger partial charge in [0.05, 0.1) is 6.61 Å². The summed E-state index contributed by atoms with van der Waals surface area (Å²) in [4.78, 5) is 9.42. The van der Waals surface area contributed by atoms with E-state index < -0.39 is 0 Å². The third-order valence-corrected chi connectivity index (χ3v) is 3.61. The first kappa shape index (κ1) is 11.9. The molecule has 0 radical (unpaired) electrons. The summed E-state index contributed by atoms with van der Waals surface area (Å²) >= 11 is 0. The van der Waals surface area contributed by atoms with Gasteiger partial charge in [-0.1, -0.05) is 6.92 Å². The van der Waals surface area contributed by atoms with Crippen molar-refractivity contribution in [2.24, 2.45) is 0 Å². The van der Waals surface area contributed by atoms with E-state index in [0.29, 0.717) is 11.8 Å². The molecule has 0 bridgehead atoms. The summed E-state index contributed by atoms with van der Waals surface area (Å²) in [5.74, 6) is 3.05. The highest BCUT2D eigenvalue weighted by Gasteiger charge is 2.28. The van der Waals surface area contributed by atoms with Gasteiger partial charge < -0.3 is 10.1 Å². The van der Waals surface area contributed by atoms with E-state index >= 15 is 0 Å². The van der Waals surface area contributed by atoms with Crippen molar-refractivity contribution in [2.75, 3.05) is 25.1 Å². The van der Waals surface area contributed by atoms with E-state index in [9.17, 15) is 0 Å². The zero-order chi connectivity index (χ0) is 12.4. The summed E-state index contributed by atoms with van der Waals surface area (Å²) in [5, 5.41) is 3.39. The lowest BCUT2D eigenvalue weighted by molar-refractivity contribution is 0.193. The Bertz CT molecular complexity index is 412. The molecule has 0 aromatic carbocycles. The van der Waals surface area contributed by atoms with Crippen LogP contribution in [0.5, 0.6) is 0 Å². The molecule has 1 aromatic rings. The van der Waals surface area contributed by atoms with Crippen LogP contribution in [0.4, 0.5) is 5.82 Å². The minimum atomic E-state index is 0.394. The molecule has 1 aromatic heterocycles. The van der Waals surface area contributed by atoms with E-state index in [-0.39, 0.29) is 0 Å². The summed E-state index contributed by atoms with van der Waals surface area (Å²) in [5.41, 5.74) is 1.23. The average molecular weight is 247 g/mol. The van der Waals surface area contributed by atoms with Gasteiger partial charge in [0, 0.05) is 36.7 Å². The van der Waals surface area contributed by atoms with Crippen LogP contribution in [0.2, 0.25) is 0 Å². The van der Waals surface area contributed by atoms with Crippen LogP contribution in [0.25, 0.3) is 0 Å². The molecular formula is C14H21N3O. The molecule has 1 aliphatic heterocycles. The number of hydrogen-bond acceptors (Lipinski definition) is 4. The smallest absolute Gasteiger partial charge is 0.136 e. The zero-order valence-corrected chi connectivity index (χ0v) is 11.0. The number of rotatable bonds is 5. The van der Waals surface area contributed by atoms with E-state index in [2.05, 4.69) is 23.3 Å². The zero-order valence-electron chi connectivity index (χ0n) is 11.0. The highest BCUT2D eigenvalue weighted by Crippen LogP contribution is 2.40. The Morgan fingerprint density at radius 2 is 2.17 bits per heavy atom. The van der Waals surface area contributed by atoms with Crippen LogP contribution in [0.3, 0.4) is 0 Å². The first-order valence-corrected chi connectivity index (χ1v) is 7.07. The number of hydrogen-bond donors (Lipinski definition) is 1. The molecule has 1 saturated carbocycles. The monoisotopic (exact) mass is 247 g/mol. The van der Waals surface area contributed by atoms with Crippen LogP contribution in [0.1, 0.15) is 56.0 Å². The van der Waals surface area contributed by atoms with Crippen molar-refractivity contribution in [1.29, 1.82) is 0 Å². The fourth-order valence-electron chi connectivity index (χ4n) is 2.34. The van der Waals surface area contributed by atoms with E-state index in [1.807, 2.05) is 0 Å². The van der Waals surface area contributed by atoms with Gasteiger partial charge in [-0.3, -0.25) is 0 Å². The second kappa shape index (κ2) is 5.22. The molecule has 1 saturated heterocycles. The summed E-state index contributed by atoms with van der Waals surface area (Å²) in [6, 6.07) is 2.13. The van der Waals surface area contributed by atoms with Crippen LogP contribution in [0, 0.1) is 0 Å².